The van der Waals surface area contributed by atoms with Crippen LogP contribution in [0, 0.1) is 12.8 Å². The van der Waals surface area contributed by atoms with Crippen LogP contribution >= 0.6 is 0 Å². The summed E-state index contributed by atoms with van der Waals surface area (Å²) in [5.74, 6) is 1.02. The van der Waals surface area contributed by atoms with Gasteiger partial charge in [0.05, 0.1) is 13.4 Å². The minimum absolute atomic E-state index is 0.0996. The molecule has 0 spiro atoms. The molecule has 1 aromatic heterocycles. The van der Waals surface area contributed by atoms with Gasteiger partial charge in [-0.25, -0.2) is 0 Å². The number of benzene rings is 3. The highest BCUT2D eigenvalue weighted by molar-refractivity contribution is 6.07. The Morgan fingerprint density at radius 1 is 1.09 bits per heavy atom. The molecule has 1 heterocycles. The number of allylic oxidation sites excluding steroid dienone is 1. The van der Waals surface area contributed by atoms with Crippen LogP contribution in [0.3, 0.4) is 0 Å². The molecule has 0 radical (unpaired) electrons. The zero-order valence-corrected chi connectivity index (χ0v) is 19.3. The van der Waals surface area contributed by atoms with Crippen molar-refractivity contribution in [2.24, 2.45) is 5.92 Å². The standard InChI is InChI=1S/C28H29NO3/c1-17(2)15-29-26(30)13-18(3)23-14-24-25(16-32-28(24)19(4)27(23)31-5)22-12-8-10-20-9-6-7-11-21(20)22/h6-14,16-17H,15H2,1-5H3,(H,29,30)/b18-13+. The molecule has 4 nitrogen and oxygen atoms in total. The molecule has 164 valence electrons. The van der Waals surface area contributed by atoms with Crippen LogP contribution in [-0.2, 0) is 4.79 Å². The Morgan fingerprint density at radius 2 is 1.84 bits per heavy atom. The Morgan fingerprint density at radius 3 is 2.59 bits per heavy atom. The minimum Gasteiger partial charge on any atom is -0.496 e. The van der Waals surface area contributed by atoms with E-state index in [9.17, 15) is 4.79 Å². The number of fused-ring (bicyclic) bond motifs is 2. The summed E-state index contributed by atoms with van der Waals surface area (Å²) in [5.41, 5.74) is 5.60. The monoisotopic (exact) mass is 427 g/mol. The largest absolute Gasteiger partial charge is 0.496 e. The van der Waals surface area contributed by atoms with Crippen LogP contribution < -0.4 is 10.1 Å². The van der Waals surface area contributed by atoms with Crippen molar-refractivity contribution in [2.75, 3.05) is 13.7 Å². The number of carbonyl (C=O) groups excluding carboxylic acids is 1. The van der Waals surface area contributed by atoms with Crippen molar-refractivity contribution in [1.29, 1.82) is 0 Å². The first kappa shape index (κ1) is 21.7. The second-order valence-electron chi connectivity index (χ2n) is 8.60. The zero-order chi connectivity index (χ0) is 22.8. The van der Waals surface area contributed by atoms with Gasteiger partial charge in [-0.15, -0.1) is 0 Å². The minimum atomic E-state index is -0.0996. The molecular formula is C28H29NO3. The van der Waals surface area contributed by atoms with E-state index in [0.29, 0.717) is 12.5 Å². The SMILES string of the molecule is COc1c(/C(C)=C/C(=O)NCC(C)C)cc2c(-c3cccc4ccccc34)coc2c1C. The third-order valence-electron chi connectivity index (χ3n) is 5.78. The number of hydrogen-bond acceptors (Lipinski definition) is 3. The Bertz CT molecular complexity index is 1320. The quantitative estimate of drug-likeness (QED) is 0.346. The van der Waals surface area contributed by atoms with E-state index in [2.05, 4.69) is 61.6 Å². The van der Waals surface area contributed by atoms with Gasteiger partial charge in [-0.3, -0.25) is 4.79 Å². The molecule has 4 aromatic rings. The first-order chi connectivity index (χ1) is 15.4. The van der Waals surface area contributed by atoms with E-state index in [0.717, 1.165) is 44.5 Å². The van der Waals surface area contributed by atoms with Crippen molar-refractivity contribution in [3.8, 4) is 16.9 Å². The van der Waals surface area contributed by atoms with Gasteiger partial charge in [-0.2, -0.15) is 0 Å². The molecule has 0 saturated carbocycles. The number of methoxy groups -OCH3 is 1. The van der Waals surface area contributed by atoms with Crippen molar-refractivity contribution >= 4 is 33.2 Å². The number of rotatable bonds is 6. The number of ether oxygens (including phenoxy) is 1. The van der Waals surface area contributed by atoms with Crippen molar-refractivity contribution in [1.82, 2.24) is 5.32 Å². The molecule has 0 aliphatic heterocycles. The van der Waals surface area contributed by atoms with Crippen LogP contribution in [-0.4, -0.2) is 19.6 Å². The van der Waals surface area contributed by atoms with Crippen LogP contribution in [0.2, 0.25) is 0 Å². The molecule has 0 bridgehead atoms. The average molecular weight is 428 g/mol. The Kier molecular flexibility index (Phi) is 6.04. The lowest BCUT2D eigenvalue weighted by atomic mass is 9.94. The van der Waals surface area contributed by atoms with Crippen molar-refractivity contribution in [3.05, 3.63) is 72.0 Å². The summed E-state index contributed by atoms with van der Waals surface area (Å²) in [6, 6.07) is 16.7. The van der Waals surface area contributed by atoms with Crippen LogP contribution in [0.15, 0.2) is 65.3 Å². The van der Waals surface area contributed by atoms with Gasteiger partial charge in [0.25, 0.3) is 0 Å². The van der Waals surface area contributed by atoms with E-state index in [1.165, 1.54) is 10.8 Å². The maximum atomic E-state index is 12.4. The summed E-state index contributed by atoms with van der Waals surface area (Å²) in [4.78, 5) is 12.4. The molecular weight excluding hydrogens is 398 g/mol. The Hall–Kier alpha value is -3.53. The van der Waals surface area contributed by atoms with Gasteiger partial charge in [-0.1, -0.05) is 56.3 Å². The topological polar surface area (TPSA) is 51.5 Å². The summed E-state index contributed by atoms with van der Waals surface area (Å²) in [6.07, 6.45) is 3.46. The summed E-state index contributed by atoms with van der Waals surface area (Å²) in [5, 5.41) is 6.31. The molecule has 3 aromatic carbocycles. The fraction of sp³-hybridized carbons (Fsp3) is 0.250. The fourth-order valence-electron chi connectivity index (χ4n) is 4.17. The highest BCUT2D eigenvalue weighted by Crippen LogP contribution is 2.42. The molecule has 0 unspecified atom stereocenters. The lowest BCUT2D eigenvalue weighted by molar-refractivity contribution is -0.116. The van der Waals surface area contributed by atoms with Gasteiger partial charge < -0.3 is 14.5 Å². The van der Waals surface area contributed by atoms with E-state index in [-0.39, 0.29) is 5.91 Å². The highest BCUT2D eigenvalue weighted by Gasteiger charge is 2.19. The lowest BCUT2D eigenvalue weighted by Crippen LogP contribution is -2.25. The molecule has 0 saturated heterocycles. The predicted octanol–water partition coefficient (Wildman–Crippen LogP) is 6.75. The summed E-state index contributed by atoms with van der Waals surface area (Å²) in [7, 11) is 1.65. The molecule has 0 atom stereocenters. The summed E-state index contributed by atoms with van der Waals surface area (Å²) >= 11 is 0. The van der Waals surface area contributed by atoms with Crippen LogP contribution in [0.5, 0.6) is 5.75 Å². The van der Waals surface area contributed by atoms with Gasteiger partial charge >= 0.3 is 0 Å². The number of nitrogens with one attached hydrogen (secondary N) is 1. The molecule has 0 aliphatic rings. The van der Waals surface area contributed by atoms with Crippen molar-refractivity contribution < 1.29 is 13.9 Å². The summed E-state index contributed by atoms with van der Waals surface area (Å²) < 4.78 is 11.8. The number of amides is 1. The highest BCUT2D eigenvalue weighted by atomic mass is 16.5. The fourth-order valence-corrected chi connectivity index (χ4v) is 4.17. The Labute approximate surface area is 188 Å². The van der Waals surface area contributed by atoms with E-state index < -0.39 is 0 Å². The van der Waals surface area contributed by atoms with Crippen molar-refractivity contribution in [2.45, 2.75) is 27.7 Å². The molecule has 1 N–H and O–H groups in total. The van der Waals surface area contributed by atoms with E-state index in [1.807, 2.05) is 26.2 Å². The molecule has 4 rings (SSSR count). The van der Waals surface area contributed by atoms with Gasteiger partial charge in [0.15, 0.2) is 0 Å². The number of carbonyl (C=O) groups is 1. The second kappa shape index (κ2) is 8.91. The summed E-state index contributed by atoms with van der Waals surface area (Å²) in [6.45, 7) is 8.73. The van der Waals surface area contributed by atoms with E-state index in [4.69, 9.17) is 9.15 Å². The first-order valence-corrected chi connectivity index (χ1v) is 10.9. The normalized spacial score (nSPS) is 12.0. The molecule has 1 amide bonds. The maximum Gasteiger partial charge on any atom is 0.244 e. The number of aryl methyl sites for hydroxylation is 1. The lowest BCUT2D eigenvalue weighted by Gasteiger charge is -2.14. The second-order valence-corrected chi connectivity index (χ2v) is 8.60. The molecule has 4 heteroatoms. The molecule has 32 heavy (non-hydrogen) atoms. The van der Waals surface area contributed by atoms with Gasteiger partial charge in [-0.05, 0) is 47.7 Å². The van der Waals surface area contributed by atoms with Gasteiger partial charge in [0, 0.05) is 34.7 Å². The van der Waals surface area contributed by atoms with Gasteiger partial charge in [0.1, 0.15) is 11.3 Å². The van der Waals surface area contributed by atoms with Crippen molar-refractivity contribution in [3.63, 3.8) is 0 Å². The first-order valence-electron chi connectivity index (χ1n) is 10.9. The third-order valence-corrected chi connectivity index (χ3v) is 5.78. The van der Waals surface area contributed by atoms with E-state index in [1.54, 1.807) is 13.2 Å². The van der Waals surface area contributed by atoms with E-state index >= 15 is 0 Å². The zero-order valence-electron chi connectivity index (χ0n) is 19.3. The van der Waals surface area contributed by atoms with Crippen LogP contribution in [0.1, 0.15) is 31.9 Å². The maximum absolute atomic E-state index is 12.4. The predicted molar refractivity (Wildman–Crippen MR) is 132 cm³/mol. The smallest absolute Gasteiger partial charge is 0.244 e. The average Bonchev–Trinajstić information content (AvgIpc) is 3.21. The third kappa shape index (κ3) is 4.01. The number of hydrogen-bond donors (Lipinski definition) is 1. The Balaban J connectivity index is 1.87. The van der Waals surface area contributed by atoms with Crippen LogP contribution in [0.25, 0.3) is 38.4 Å². The number of furan rings is 1. The van der Waals surface area contributed by atoms with Crippen LogP contribution in [0.4, 0.5) is 0 Å². The molecule has 0 aliphatic carbocycles. The molecule has 0 fully saturated rings. The van der Waals surface area contributed by atoms with Gasteiger partial charge in [0.2, 0.25) is 5.91 Å².